The van der Waals surface area contributed by atoms with Crippen molar-refractivity contribution in [3.05, 3.63) is 83.9 Å². The van der Waals surface area contributed by atoms with E-state index in [2.05, 4.69) is 22.3 Å². The molecule has 0 saturated heterocycles. The van der Waals surface area contributed by atoms with Crippen molar-refractivity contribution in [1.82, 2.24) is 4.31 Å². The predicted molar refractivity (Wildman–Crippen MR) is 135 cm³/mol. The number of benzene rings is 3. The molecular weight excluding hydrogens is 450 g/mol. The summed E-state index contributed by atoms with van der Waals surface area (Å²) in [7, 11) is 0.638. The number of anilines is 3. The highest BCUT2D eigenvalue weighted by molar-refractivity contribution is 7.89. The Hall–Kier alpha value is -3.62. The van der Waals surface area contributed by atoms with Crippen LogP contribution in [-0.2, 0) is 21.2 Å². The molecule has 0 atom stereocenters. The first-order chi connectivity index (χ1) is 16.3. The van der Waals surface area contributed by atoms with E-state index in [1.807, 2.05) is 36.4 Å². The maximum absolute atomic E-state index is 12.7. The number of fused-ring (bicyclic) bond motifs is 1. The van der Waals surface area contributed by atoms with Crippen LogP contribution in [0.4, 0.5) is 17.1 Å². The number of hydrogen-bond acceptors (Lipinski definition) is 5. The van der Waals surface area contributed by atoms with Gasteiger partial charge in [0.05, 0.1) is 18.5 Å². The number of sulfonamides is 1. The van der Waals surface area contributed by atoms with E-state index in [-0.39, 0.29) is 16.6 Å². The van der Waals surface area contributed by atoms with E-state index in [1.54, 1.807) is 18.2 Å². The lowest BCUT2D eigenvalue weighted by Crippen LogP contribution is -2.22. The molecule has 0 bridgehead atoms. The second-order valence-corrected chi connectivity index (χ2v) is 10.2. The van der Waals surface area contributed by atoms with E-state index in [9.17, 15) is 13.2 Å². The Morgan fingerprint density at radius 3 is 2.47 bits per heavy atom. The van der Waals surface area contributed by atoms with Gasteiger partial charge in [-0.15, -0.1) is 0 Å². The van der Waals surface area contributed by atoms with Gasteiger partial charge in [-0.2, -0.15) is 0 Å². The maximum Gasteiger partial charge on any atom is 0.248 e. The molecule has 0 spiro atoms. The fourth-order valence-electron chi connectivity index (χ4n) is 3.94. The van der Waals surface area contributed by atoms with Gasteiger partial charge in [0.2, 0.25) is 15.9 Å². The van der Waals surface area contributed by atoms with Gasteiger partial charge in [-0.05, 0) is 54.0 Å². The van der Waals surface area contributed by atoms with Crippen LogP contribution in [0.2, 0.25) is 0 Å². The number of carbonyl (C=O) groups excluding carboxylic acids is 1. The molecule has 1 amide bonds. The number of hydrogen-bond donors (Lipinski definition) is 1. The molecule has 176 valence electrons. The van der Waals surface area contributed by atoms with Crippen molar-refractivity contribution in [1.29, 1.82) is 0 Å². The van der Waals surface area contributed by atoms with E-state index >= 15 is 0 Å². The lowest BCUT2D eigenvalue weighted by atomic mass is 10.1. The molecule has 1 aliphatic rings. The van der Waals surface area contributed by atoms with Crippen LogP contribution in [0.15, 0.2) is 77.7 Å². The smallest absolute Gasteiger partial charge is 0.248 e. The lowest BCUT2D eigenvalue weighted by molar-refractivity contribution is -0.111. The van der Waals surface area contributed by atoms with Gasteiger partial charge in [-0.3, -0.25) is 4.79 Å². The summed E-state index contributed by atoms with van der Waals surface area (Å²) < 4.78 is 31.6. The van der Waals surface area contributed by atoms with Gasteiger partial charge in [0.1, 0.15) is 10.6 Å². The Balaban J connectivity index is 1.55. The highest BCUT2D eigenvalue weighted by Crippen LogP contribution is 2.38. The molecule has 0 aromatic heterocycles. The highest BCUT2D eigenvalue weighted by atomic mass is 32.2. The first-order valence-electron chi connectivity index (χ1n) is 10.9. The number of nitrogens with one attached hydrogen (secondary N) is 1. The third-order valence-corrected chi connectivity index (χ3v) is 7.55. The molecule has 0 saturated carbocycles. The Morgan fingerprint density at radius 2 is 1.74 bits per heavy atom. The molecule has 0 radical (unpaired) electrons. The molecule has 0 unspecified atom stereocenters. The maximum atomic E-state index is 12.7. The molecule has 1 aliphatic heterocycles. The van der Waals surface area contributed by atoms with Crippen LogP contribution in [0, 0.1) is 0 Å². The first kappa shape index (κ1) is 23.5. The molecule has 0 aliphatic carbocycles. The van der Waals surface area contributed by atoms with Crippen molar-refractivity contribution in [2.45, 2.75) is 11.3 Å². The number of ether oxygens (including phenoxy) is 1. The van der Waals surface area contributed by atoms with Gasteiger partial charge in [-0.25, -0.2) is 12.7 Å². The van der Waals surface area contributed by atoms with Crippen LogP contribution in [0.1, 0.15) is 11.1 Å². The predicted octanol–water partition coefficient (Wildman–Crippen LogP) is 4.29. The second-order valence-electron chi connectivity index (χ2n) is 8.07. The van der Waals surface area contributed by atoms with Crippen LogP contribution in [0.3, 0.4) is 0 Å². The number of carbonyl (C=O) groups is 1. The molecule has 34 heavy (non-hydrogen) atoms. The van der Waals surface area contributed by atoms with Crippen LogP contribution in [-0.4, -0.2) is 46.4 Å². The summed E-state index contributed by atoms with van der Waals surface area (Å²) in [4.78, 5) is 15.0. The standard InChI is InChI=1S/C26H27N3O4S/c1-28(2)34(31,32)25-18-19(12-14-24(25)33-3)13-15-26(30)27-21-9-5-7-11-23(21)29-17-16-20-8-4-6-10-22(20)29/h4-15,18H,16-17H2,1-3H3,(H,27,30)/b15-13+. The Labute approximate surface area is 200 Å². The Morgan fingerprint density at radius 1 is 1.03 bits per heavy atom. The quantitative estimate of drug-likeness (QED) is 0.514. The Bertz CT molecular complexity index is 1350. The number of amides is 1. The molecule has 1 N–H and O–H groups in total. The number of rotatable bonds is 7. The van der Waals surface area contributed by atoms with Crippen LogP contribution in [0.5, 0.6) is 5.75 Å². The highest BCUT2D eigenvalue weighted by Gasteiger charge is 2.23. The van der Waals surface area contributed by atoms with E-state index in [1.165, 1.54) is 38.9 Å². The third kappa shape index (κ3) is 4.69. The lowest BCUT2D eigenvalue weighted by Gasteiger charge is -2.22. The van der Waals surface area contributed by atoms with Crippen molar-refractivity contribution in [3.63, 3.8) is 0 Å². The minimum Gasteiger partial charge on any atom is -0.495 e. The summed E-state index contributed by atoms with van der Waals surface area (Å²) in [6.07, 6.45) is 3.92. The Kier molecular flexibility index (Phi) is 6.72. The summed E-state index contributed by atoms with van der Waals surface area (Å²) in [5.41, 5.74) is 4.63. The zero-order valence-electron chi connectivity index (χ0n) is 19.4. The molecule has 3 aromatic rings. The third-order valence-electron chi connectivity index (χ3n) is 5.71. The zero-order chi connectivity index (χ0) is 24.3. The monoisotopic (exact) mass is 477 g/mol. The fourth-order valence-corrected chi connectivity index (χ4v) is 5.03. The van der Waals surface area contributed by atoms with Gasteiger partial charge in [0.15, 0.2) is 0 Å². The van der Waals surface area contributed by atoms with Crippen molar-refractivity contribution >= 4 is 39.1 Å². The van der Waals surface area contributed by atoms with E-state index < -0.39 is 10.0 Å². The van der Waals surface area contributed by atoms with E-state index in [0.29, 0.717) is 11.3 Å². The van der Waals surface area contributed by atoms with Crippen molar-refractivity contribution in [3.8, 4) is 5.75 Å². The van der Waals surface area contributed by atoms with Gasteiger partial charge < -0.3 is 15.0 Å². The number of para-hydroxylation sites is 3. The normalized spacial score (nSPS) is 13.4. The molecular formula is C26H27N3O4S. The SMILES string of the molecule is COc1ccc(/C=C/C(=O)Nc2ccccc2N2CCc3ccccc32)cc1S(=O)(=O)N(C)C. The molecule has 4 rings (SSSR count). The average molecular weight is 478 g/mol. The summed E-state index contributed by atoms with van der Waals surface area (Å²) in [6.45, 7) is 0.844. The minimum absolute atomic E-state index is 0.0422. The van der Waals surface area contributed by atoms with Crippen LogP contribution in [0.25, 0.3) is 6.08 Å². The van der Waals surface area contributed by atoms with Crippen molar-refractivity contribution < 1.29 is 17.9 Å². The topological polar surface area (TPSA) is 79.0 Å². The first-order valence-corrected chi connectivity index (χ1v) is 12.3. The molecule has 3 aromatic carbocycles. The van der Waals surface area contributed by atoms with Gasteiger partial charge in [-0.1, -0.05) is 36.4 Å². The minimum atomic E-state index is -3.70. The summed E-state index contributed by atoms with van der Waals surface area (Å²) in [5.74, 6) is -0.0668. The van der Waals surface area contributed by atoms with E-state index in [4.69, 9.17) is 4.74 Å². The van der Waals surface area contributed by atoms with Crippen molar-refractivity contribution in [2.75, 3.05) is 38.0 Å². The van der Waals surface area contributed by atoms with Gasteiger partial charge >= 0.3 is 0 Å². The second kappa shape index (κ2) is 9.70. The summed E-state index contributed by atoms with van der Waals surface area (Å²) in [5, 5.41) is 2.96. The molecule has 8 heteroatoms. The number of methoxy groups -OCH3 is 1. The van der Waals surface area contributed by atoms with E-state index in [0.717, 1.165) is 28.6 Å². The molecule has 0 fully saturated rings. The fraction of sp³-hybridized carbons (Fsp3) is 0.192. The molecule has 1 heterocycles. The van der Waals surface area contributed by atoms with Gasteiger partial charge in [0, 0.05) is 32.4 Å². The largest absolute Gasteiger partial charge is 0.495 e. The van der Waals surface area contributed by atoms with Crippen LogP contribution >= 0.6 is 0 Å². The van der Waals surface area contributed by atoms with Crippen molar-refractivity contribution in [2.24, 2.45) is 0 Å². The summed E-state index contributed by atoms with van der Waals surface area (Å²) >= 11 is 0. The zero-order valence-corrected chi connectivity index (χ0v) is 20.2. The molecule has 7 nitrogen and oxygen atoms in total. The summed E-state index contributed by atoms with van der Waals surface area (Å²) in [6, 6.07) is 20.7. The van der Waals surface area contributed by atoms with Gasteiger partial charge in [0.25, 0.3) is 0 Å². The number of nitrogens with zero attached hydrogens (tertiary/aromatic N) is 2. The average Bonchev–Trinajstić information content (AvgIpc) is 3.27. The van der Waals surface area contributed by atoms with Crippen LogP contribution < -0.4 is 15.0 Å².